The first-order valence-electron chi connectivity index (χ1n) is 4.00. The zero-order valence-corrected chi connectivity index (χ0v) is 8.54. The fraction of sp³-hybridized carbons (Fsp3) is 0.375. The van der Waals surface area contributed by atoms with Gasteiger partial charge in [-0.15, -0.1) is 11.3 Å². The van der Waals surface area contributed by atoms with Crippen LogP contribution in [-0.2, 0) is 10.9 Å². The van der Waals surface area contributed by atoms with Crippen LogP contribution in [0.4, 0.5) is 18.2 Å². The fourth-order valence-corrected chi connectivity index (χ4v) is 1.69. The molecule has 0 unspecified atom stereocenters. The normalized spacial score (nSPS) is 11.5. The predicted octanol–water partition coefficient (Wildman–Crippen LogP) is 2.53. The summed E-state index contributed by atoms with van der Waals surface area (Å²) in [6, 6.07) is 0.706. The average molecular weight is 239 g/mol. The Morgan fingerprint density at radius 3 is 2.60 bits per heavy atom. The summed E-state index contributed by atoms with van der Waals surface area (Å²) >= 11 is 0.327. The highest BCUT2D eigenvalue weighted by molar-refractivity contribution is 7.16. The first-order chi connectivity index (χ1) is 6.86. The summed E-state index contributed by atoms with van der Waals surface area (Å²) in [6.07, 6.45) is -4.48. The Balaban J connectivity index is 3.02. The van der Waals surface area contributed by atoms with Crippen LogP contribution in [0, 0.1) is 0 Å². The van der Waals surface area contributed by atoms with Crippen molar-refractivity contribution in [2.24, 2.45) is 0 Å². The second kappa shape index (κ2) is 4.09. The lowest BCUT2D eigenvalue weighted by Gasteiger charge is -2.00. The van der Waals surface area contributed by atoms with Crippen LogP contribution in [-0.4, -0.2) is 12.6 Å². The fourth-order valence-electron chi connectivity index (χ4n) is 0.913. The van der Waals surface area contributed by atoms with E-state index in [2.05, 4.69) is 4.74 Å². The lowest BCUT2D eigenvalue weighted by atomic mass is 10.3. The van der Waals surface area contributed by atoms with E-state index in [1.54, 1.807) is 6.92 Å². The number of anilines is 1. The number of esters is 1. The number of thiophene rings is 1. The van der Waals surface area contributed by atoms with Gasteiger partial charge in [-0.2, -0.15) is 13.2 Å². The molecule has 84 valence electrons. The summed E-state index contributed by atoms with van der Waals surface area (Å²) in [5, 5.41) is -0.180. The van der Waals surface area contributed by atoms with Crippen LogP contribution >= 0.6 is 11.3 Å². The lowest BCUT2D eigenvalue weighted by molar-refractivity contribution is -0.134. The first-order valence-corrected chi connectivity index (χ1v) is 4.81. The molecule has 0 spiro atoms. The molecule has 0 aromatic carbocycles. The van der Waals surface area contributed by atoms with Crippen LogP contribution in [0.15, 0.2) is 6.07 Å². The van der Waals surface area contributed by atoms with Crippen molar-refractivity contribution in [3.05, 3.63) is 16.5 Å². The van der Waals surface area contributed by atoms with Gasteiger partial charge in [-0.1, -0.05) is 0 Å². The zero-order chi connectivity index (χ0) is 11.6. The number of nitrogen functional groups attached to an aromatic ring is 1. The minimum absolute atomic E-state index is 0.0927. The Hall–Kier alpha value is -1.24. The summed E-state index contributed by atoms with van der Waals surface area (Å²) in [5.41, 5.74) is 5.06. The van der Waals surface area contributed by atoms with E-state index in [0.29, 0.717) is 17.4 Å². The van der Waals surface area contributed by atoms with Crippen LogP contribution in [0.1, 0.15) is 22.2 Å². The molecule has 0 atom stereocenters. The van der Waals surface area contributed by atoms with Crippen LogP contribution in [0.3, 0.4) is 0 Å². The first kappa shape index (κ1) is 11.8. The smallest absolute Gasteiger partial charge is 0.425 e. The molecule has 1 aromatic heterocycles. The van der Waals surface area contributed by atoms with E-state index in [-0.39, 0.29) is 17.2 Å². The Kier molecular flexibility index (Phi) is 3.23. The Morgan fingerprint density at radius 2 is 2.20 bits per heavy atom. The number of halogens is 3. The number of rotatable bonds is 2. The third kappa shape index (κ3) is 2.62. The molecule has 15 heavy (non-hydrogen) atoms. The molecule has 1 aromatic rings. The molecule has 0 bridgehead atoms. The lowest BCUT2D eigenvalue weighted by Crippen LogP contribution is -2.06. The van der Waals surface area contributed by atoms with Crippen LogP contribution in [0.25, 0.3) is 0 Å². The van der Waals surface area contributed by atoms with Gasteiger partial charge in [0.25, 0.3) is 0 Å². The molecule has 0 fully saturated rings. The van der Waals surface area contributed by atoms with E-state index in [0.717, 1.165) is 0 Å². The summed E-state index contributed by atoms with van der Waals surface area (Å²) in [4.78, 5) is 10.2. The number of nitrogens with two attached hydrogens (primary N) is 1. The molecular weight excluding hydrogens is 231 g/mol. The standard InChI is InChI=1S/C8H8F3NO2S/c1-2-14-7(13)4-3-5(8(9,10)11)15-6(4)12/h3H,2,12H2,1H3. The monoisotopic (exact) mass is 239 g/mol. The topological polar surface area (TPSA) is 52.3 Å². The van der Waals surface area contributed by atoms with Gasteiger partial charge < -0.3 is 10.5 Å². The minimum atomic E-state index is -4.48. The highest BCUT2D eigenvalue weighted by atomic mass is 32.1. The Bertz CT molecular complexity index is 372. The number of hydrogen-bond acceptors (Lipinski definition) is 4. The quantitative estimate of drug-likeness (QED) is 0.807. The van der Waals surface area contributed by atoms with Crippen LogP contribution < -0.4 is 5.73 Å². The van der Waals surface area contributed by atoms with Gasteiger partial charge in [-0.3, -0.25) is 0 Å². The van der Waals surface area contributed by atoms with Crippen LogP contribution in [0.5, 0.6) is 0 Å². The van der Waals surface area contributed by atoms with Crippen molar-refractivity contribution in [3.63, 3.8) is 0 Å². The third-order valence-corrected chi connectivity index (χ3v) is 2.54. The van der Waals surface area contributed by atoms with Crippen molar-refractivity contribution < 1.29 is 22.7 Å². The summed E-state index contributed by atoms with van der Waals surface area (Å²) in [6.45, 7) is 1.65. The van der Waals surface area contributed by atoms with E-state index in [1.807, 2.05) is 0 Å². The van der Waals surface area contributed by atoms with Gasteiger partial charge in [0.2, 0.25) is 0 Å². The van der Waals surface area contributed by atoms with Crippen molar-refractivity contribution in [2.45, 2.75) is 13.1 Å². The number of carbonyl (C=O) groups is 1. The maximum atomic E-state index is 12.2. The van der Waals surface area contributed by atoms with Crippen molar-refractivity contribution in [3.8, 4) is 0 Å². The SMILES string of the molecule is CCOC(=O)c1cc(C(F)(F)F)sc1N. The van der Waals surface area contributed by atoms with Gasteiger partial charge in [-0.05, 0) is 13.0 Å². The molecule has 0 radical (unpaired) electrons. The summed E-state index contributed by atoms with van der Waals surface area (Å²) < 4.78 is 41.3. The number of alkyl halides is 3. The molecule has 0 aliphatic rings. The van der Waals surface area contributed by atoms with E-state index in [4.69, 9.17) is 5.73 Å². The molecular formula is C8H8F3NO2S. The molecule has 0 saturated heterocycles. The van der Waals surface area contributed by atoms with Crippen molar-refractivity contribution >= 4 is 22.3 Å². The van der Waals surface area contributed by atoms with E-state index in [1.165, 1.54) is 0 Å². The number of carbonyl (C=O) groups excluding carboxylic acids is 1. The van der Waals surface area contributed by atoms with Crippen molar-refractivity contribution in [2.75, 3.05) is 12.3 Å². The maximum Gasteiger partial charge on any atom is 0.425 e. The number of ether oxygens (including phenoxy) is 1. The highest BCUT2D eigenvalue weighted by Crippen LogP contribution is 2.38. The molecule has 0 aliphatic carbocycles. The molecule has 1 rings (SSSR count). The highest BCUT2D eigenvalue weighted by Gasteiger charge is 2.34. The number of hydrogen-bond donors (Lipinski definition) is 1. The second-order valence-electron chi connectivity index (χ2n) is 2.61. The summed E-state index contributed by atoms with van der Waals surface area (Å²) in [5.74, 6) is -0.832. The van der Waals surface area contributed by atoms with Gasteiger partial charge in [0, 0.05) is 0 Å². The van der Waals surface area contributed by atoms with Gasteiger partial charge in [-0.25, -0.2) is 4.79 Å². The predicted molar refractivity (Wildman–Crippen MR) is 49.7 cm³/mol. The Labute approximate surface area is 87.6 Å². The minimum Gasteiger partial charge on any atom is -0.462 e. The van der Waals surface area contributed by atoms with Gasteiger partial charge in [0.1, 0.15) is 9.88 Å². The van der Waals surface area contributed by atoms with Crippen molar-refractivity contribution in [1.29, 1.82) is 0 Å². The van der Waals surface area contributed by atoms with E-state index >= 15 is 0 Å². The van der Waals surface area contributed by atoms with Gasteiger partial charge in [0.05, 0.1) is 12.2 Å². The van der Waals surface area contributed by atoms with E-state index < -0.39 is 17.0 Å². The van der Waals surface area contributed by atoms with Gasteiger partial charge >= 0.3 is 12.1 Å². The molecule has 0 amide bonds. The molecule has 0 aliphatic heterocycles. The zero-order valence-electron chi connectivity index (χ0n) is 7.72. The van der Waals surface area contributed by atoms with E-state index in [9.17, 15) is 18.0 Å². The molecule has 3 nitrogen and oxygen atoms in total. The van der Waals surface area contributed by atoms with Crippen molar-refractivity contribution in [1.82, 2.24) is 0 Å². The average Bonchev–Trinajstić information content (AvgIpc) is 2.47. The third-order valence-electron chi connectivity index (χ3n) is 1.54. The maximum absolute atomic E-state index is 12.2. The molecule has 1 heterocycles. The Morgan fingerprint density at radius 1 is 1.60 bits per heavy atom. The summed E-state index contributed by atoms with van der Waals surface area (Å²) in [7, 11) is 0. The van der Waals surface area contributed by atoms with Gasteiger partial charge in [0.15, 0.2) is 0 Å². The molecule has 7 heteroatoms. The second-order valence-corrected chi connectivity index (χ2v) is 3.69. The largest absolute Gasteiger partial charge is 0.462 e. The van der Waals surface area contributed by atoms with Crippen LogP contribution in [0.2, 0.25) is 0 Å². The molecule has 0 saturated carbocycles. The molecule has 2 N–H and O–H groups in total.